The third-order valence-electron chi connectivity index (χ3n) is 4.56. The van der Waals surface area contributed by atoms with E-state index in [1.165, 1.54) is 0 Å². The van der Waals surface area contributed by atoms with Crippen molar-refractivity contribution in [1.82, 2.24) is 0 Å². The highest BCUT2D eigenvalue weighted by atomic mass is 19.4. The molecule has 0 aliphatic heterocycles. The summed E-state index contributed by atoms with van der Waals surface area (Å²) in [6.07, 6.45) is -10.3. The van der Waals surface area contributed by atoms with Crippen LogP contribution in [0.15, 0.2) is 0 Å². The summed E-state index contributed by atoms with van der Waals surface area (Å²) in [5.41, 5.74) is 0. The molecule has 1 unspecified atom stereocenters. The van der Waals surface area contributed by atoms with E-state index in [4.69, 9.17) is 4.74 Å². The van der Waals surface area contributed by atoms with E-state index < -0.39 is 43.3 Å². The van der Waals surface area contributed by atoms with Gasteiger partial charge in [0.2, 0.25) is 0 Å². The summed E-state index contributed by atoms with van der Waals surface area (Å²) < 4.78 is 98.6. The van der Waals surface area contributed by atoms with Crippen LogP contribution >= 0.6 is 0 Å². The molecular formula is C16H21F7O3. The molecule has 0 N–H and O–H groups in total. The van der Waals surface area contributed by atoms with Crippen molar-refractivity contribution in [3.05, 3.63) is 0 Å². The van der Waals surface area contributed by atoms with Gasteiger partial charge in [0.05, 0.1) is 12.5 Å². The van der Waals surface area contributed by atoms with Gasteiger partial charge in [-0.1, -0.05) is 25.7 Å². The predicted octanol–water partition coefficient (Wildman–Crippen LogP) is 5.09. The molecule has 26 heavy (non-hydrogen) atoms. The molecule has 0 aromatic rings. The number of carbonyl (C=O) groups is 1. The van der Waals surface area contributed by atoms with Gasteiger partial charge in [0.15, 0.2) is 0 Å². The van der Waals surface area contributed by atoms with E-state index in [2.05, 4.69) is 4.74 Å². The monoisotopic (exact) mass is 394 g/mol. The summed E-state index contributed by atoms with van der Waals surface area (Å²) >= 11 is 0. The molecule has 0 aromatic carbocycles. The zero-order valence-electron chi connectivity index (χ0n) is 14.0. The third-order valence-corrected chi connectivity index (χ3v) is 4.56. The van der Waals surface area contributed by atoms with Crippen LogP contribution in [0.4, 0.5) is 30.7 Å². The fraction of sp³-hybridized carbons (Fsp3) is 0.938. The van der Waals surface area contributed by atoms with Crippen LogP contribution in [-0.4, -0.2) is 36.9 Å². The summed E-state index contributed by atoms with van der Waals surface area (Å²) in [4.78, 5) is 12.0. The smallest absolute Gasteiger partial charge is 0.419 e. The second-order valence-electron chi connectivity index (χ2n) is 7.04. The molecule has 2 rings (SSSR count). The molecule has 2 fully saturated rings. The molecule has 2 aliphatic carbocycles. The molecule has 0 heterocycles. The van der Waals surface area contributed by atoms with Crippen LogP contribution in [0.25, 0.3) is 0 Å². The maximum atomic E-state index is 13.5. The minimum Gasteiger partial charge on any atom is -0.460 e. The molecule has 1 atom stereocenters. The summed E-state index contributed by atoms with van der Waals surface area (Å²) in [6.45, 7) is -1.07. The van der Waals surface area contributed by atoms with Crippen LogP contribution < -0.4 is 0 Å². The molecule has 2 saturated carbocycles. The first kappa shape index (κ1) is 21.2. The Labute approximate surface area is 146 Å². The first-order chi connectivity index (χ1) is 11.9. The number of halogens is 7. The Balaban J connectivity index is 1.92. The minimum atomic E-state index is -5.47. The van der Waals surface area contributed by atoms with E-state index in [-0.39, 0.29) is 18.3 Å². The van der Waals surface area contributed by atoms with Crippen molar-refractivity contribution in [2.45, 2.75) is 75.7 Å². The van der Waals surface area contributed by atoms with Gasteiger partial charge < -0.3 is 9.47 Å². The molecule has 2 aliphatic rings. The van der Waals surface area contributed by atoms with Crippen molar-refractivity contribution in [3.8, 4) is 0 Å². The van der Waals surface area contributed by atoms with Gasteiger partial charge >= 0.3 is 24.2 Å². The van der Waals surface area contributed by atoms with E-state index in [1.807, 2.05) is 0 Å². The van der Waals surface area contributed by atoms with Gasteiger partial charge in [0.1, 0.15) is 12.5 Å². The molecular weight excluding hydrogens is 373 g/mol. The van der Waals surface area contributed by atoms with Gasteiger partial charge in [-0.05, 0) is 25.2 Å². The Bertz CT molecular complexity index is 483. The highest BCUT2D eigenvalue weighted by Crippen LogP contribution is 2.43. The van der Waals surface area contributed by atoms with Crippen LogP contribution in [-0.2, 0) is 14.3 Å². The number of esters is 1. The number of carbonyl (C=O) groups excluding carboxylic acids is 1. The van der Waals surface area contributed by atoms with Crippen LogP contribution in [0.1, 0.15) is 51.4 Å². The zero-order chi connectivity index (χ0) is 19.6. The van der Waals surface area contributed by atoms with Crippen molar-refractivity contribution >= 4 is 5.97 Å². The lowest BCUT2D eigenvalue weighted by Crippen LogP contribution is -2.47. The van der Waals surface area contributed by atoms with Gasteiger partial charge in [-0.3, -0.25) is 4.79 Å². The topological polar surface area (TPSA) is 35.5 Å². The summed E-state index contributed by atoms with van der Waals surface area (Å²) in [5.74, 6) is -6.25. The molecule has 0 saturated heterocycles. The predicted molar refractivity (Wildman–Crippen MR) is 75.7 cm³/mol. The molecule has 0 amide bonds. The van der Waals surface area contributed by atoms with E-state index in [0.29, 0.717) is 12.8 Å². The minimum absolute atomic E-state index is 0.115. The van der Waals surface area contributed by atoms with E-state index in [1.54, 1.807) is 0 Å². The summed E-state index contributed by atoms with van der Waals surface area (Å²) in [7, 11) is 0. The summed E-state index contributed by atoms with van der Waals surface area (Å²) in [6, 6.07) is 0. The molecule has 0 aromatic heterocycles. The Kier molecular flexibility index (Phi) is 6.45. The fourth-order valence-corrected chi connectivity index (χ4v) is 2.96. The average Bonchev–Trinajstić information content (AvgIpc) is 3.11. The highest BCUT2D eigenvalue weighted by molar-refractivity contribution is 5.72. The van der Waals surface area contributed by atoms with Gasteiger partial charge in [0, 0.05) is 0 Å². The molecule has 3 nitrogen and oxygen atoms in total. The number of hydrogen-bond acceptors (Lipinski definition) is 3. The normalized spacial score (nSPS) is 21.0. The second-order valence-corrected chi connectivity index (χ2v) is 7.04. The largest absolute Gasteiger partial charge is 0.460 e. The molecule has 152 valence electrons. The third kappa shape index (κ3) is 6.28. The van der Waals surface area contributed by atoms with Crippen LogP contribution in [0.2, 0.25) is 0 Å². The van der Waals surface area contributed by atoms with Crippen LogP contribution in [0.5, 0.6) is 0 Å². The van der Waals surface area contributed by atoms with Crippen molar-refractivity contribution < 1.29 is 45.0 Å². The van der Waals surface area contributed by atoms with Crippen molar-refractivity contribution in [3.63, 3.8) is 0 Å². The molecule has 0 bridgehead atoms. The Morgan fingerprint density at radius 1 is 0.962 bits per heavy atom. The van der Waals surface area contributed by atoms with E-state index in [9.17, 15) is 35.5 Å². The SMILES string of the molecule is O=C(OC(COC(F)(F)C(F)(F)CC(F)(F)F)CC1CC1)C1CCCC1. The molecule has 10 heteroatoms. The lowest BCUT2D eigenvalue weighted by molar-refractivity contribution is -0.369. The second kappa shape index (κ2) is 7.90. The fourth-order valence-electron chi connectivity index (χ4n) is 2.96. The van der Waals surface area contributed by atoms with Crippen LogP contribution in [0, 0.1) is 11.8 Å². The number of alkyl halides is 7. The highest BCUT2D eigenvalue weighted by Gasteiger charge is 2.62. The maximum Gasteiger partial charge on any atom is 0.419 e. The van der Waals surface area contributed by atoms with Gasteiger partial charge in [0.25, 0.3) is 0 Å². The number of ether oxygens (including phenoxy) is 2. The lowest BCUT2D eigenvalue weighted by atomic mass is 10.1. The van der Waals surface area contributed by atoms with E-state index >= 15 is 0 Å². The lowest BCUT2D eigenvalue weighted by Gasteiger charge is -2.28. The van der Waals surface area contributed by atoms with Crippen LogP contribution in [0.3, 0.4) is 0 Å². The first-order valence-electron chi connectivity index (χ1n) is 8.56. The average molecular weight is 394 g/mol. The van der Waals surface area contributed by atoms with Gasteiger partial charge in [-0.15, -0.1) is 0 Å². The Morgan fingerprint density at radius 3 is 2.04 bits per heavy atom. The number of hydrogen-bond donors (Lipinski definition) is 0. The van der Waals surface area contributed by atoms with Crippen molar-refractivity contribution in [1.29, 1.82) is 0 Å². The van der Waals surface area contributed by atoms with Gasteiger partial charge in [-0.25, -0.2) is 0 Å². The Morgan fingerprint density at radius 2 is 1.54 bits per heavy atom. The number of rotatable bonds is 9. The Hall–Kier alpha value is -1.06. The molecule has 0 radical (unpaired) electrons. The zero-order valence-corrected chi connectivity index (χ0v) is 14.0. The van der Waals surface area contributed by atoms with Crippen molar-refractivity contribution in [2.24, 2.45) is 11.8 Å². The maximum absolute atomic E-state index is 13.5. The van der Waals surface area contributed by atoms with Crippen molar-refractivity contribution in [2.75, 3.05) is 6.61 Å². The quantitative estimate of drug-likeness (QED) is 0.404. The first-order valence-corrected chi connectivity index (χ1v) is 8.56. The summed E-state index contributed by atoms with van der Waals surface area (Å²) in [5, 5.41) is 0. The molecule has 0 spiro atoms. The van der Waals surface area contributed by atoms with E-state index in [0.717, 1.165) is 25.7 Å². The standard InChI is InChI=1S/C16H21F7O3/c17-14(18,9-15(19,20)21)16(22,23)25-8-12(7-10-5-6-10)26-13(24)11-3-1-2-4-11/h10-12H,1-9H2. The van der Waals surface area contributed by atoms with Gasteiger partial charge in [-0.2, -0.15) is 30.7 Å².